The summed E-state index contributed by atoms with van der Waals surface area (Å²) in [6, 6.07) is 0. The number of hydrogen-bond donors (Lipinski definition) is 1. The highest BCUT2D eigenvalue weighted by atomic mass is 16.3. The first-order valence-corrected chi connectivity index (χ1v) is 3.29. The molecule has 0 aromatic carbocycles. The Morgan fingerprint density at radius 3 is 2.30 bits per heavy atom. The molecule has 0 aliphatic carbocycles. The highest BCUT2D eigenvalue weighted by Crippen LogP contribution is 2.09. The molecule has 0 aromatic heterocycles. The standard InChI is InChI=1S/C9H14O/c1-5-8(10)6-7-9(2,3)4/h5,8,10H,1H2,2-4H3/t8-/m0/s1. The van der Waals surface area contributed by atoms with Crippen LogP contribution >= 0.6 is 0 Å². The second kappa shape index (κ2) is 3.43. The summed E-state index contributed by atoms with van der Waals surface area (Å²) in [7, 11) is 0. The quantitative estimate of drug-likeness (QED) is 0.431. The Morgan fingerprint density at radius 1 is 1.50 bits per heavy atom. The third-order valence-corrected chi connectivity index (χ3v) is 0.818. The van der Waals surface area contributed by atoms with Crippen LogP contribution in [0.15, 0.2) is 12.7 Å². The van der Waals surface area contributed by atoms with E-state index in [0.29, 0.717) is 0 Å². The maximum Gasteiger partial charge on any atom is 0.133 e. The van der Waals surface area contributed by atoms with Crippen molar-refractivity contribution in [2.45, 2.75) is 26.9 Å². The lowest BCUT2D eigenvalue weighted by atomic mass is 9.98. The van der Waals surface area contributed by atoms with Crippen LogP contribution in [-0.4, -0.2) is 11.2 Å². The van der Waals surface area contributed by atoms with Gasteiger partial charge in [0.1, 0.15) is 6.10 Å². The van der Waals surface area contributed by atoms with E-state index in [4.69, 9.17) is 5.11 Å². The second-order valence-electron chi connectivity index (χ2n) is 3.20. The van der Waals surface area contributed by atoms with Crippen LogP contribution in [0.4, 0.5) is 0 Å². The van der Waals surface area contributed by atoms with E-state index in [1.807, 2.05) is 20.8 Å². The first-order valence-electron chi connectivity index (χ1n) is 3.29. The molecule has 0 fully saturated rings. The third kappa shape index (κ3) is 5.40. The third-order valence-electron chi connectivity index (χ3n) is 0.818. The zero-order valence-corrected chi connectivity index (χ0v) is 6.81. The lowest BCUT2D eigenvalue weighted by Crippen LogP contribution is -2.03. The van der Waals surface area contributed by atoms with Crippen LogP contribution in [0.25, 0.3) is 0 Å². The summed E-state index contributed by atoms with van der Waals surface area (Å²) in [4.78, 5) is 0. The lowest BCUT2D eigenvalue weighted by Gasteiger charge is -2.07. The summed E-state index contributed by atoms with van der Waals surface area (Å²) in [6.45, 7) is 9.40. The van der Waals surface area contributed by atoms with Gasteiger partial charge in [-0.1, -0.05) is 24.5 Å². The average Bonchev–Trinajstić information content (AvgIpc) is 1.81. The Balaban J connectivity index is 4.03. The van der Waals surface area contributed by atoms with Gasteiger partial charge in [-0.25, -0.2) is 0 Å². The van der Waals surface area contributed by atoms with Gasteiger partial charge in [-0.3, -0.25) is 0 Å². The minimum atomic E-state index is -0.681. The predicted molar refractivity (Wildman–Crippen MR) is 43.4 cm³/mol. The van der Waals surface area contributed by atoms with Crippen molar-refractivity contribution in [2.75, 3.05) is 0 Å². The summed E-state index contributed by atoms with van der Waals surface area (Å²) in [6.07, 6.45) is 0.734. The SMILES string of the molecule is C=C[C@H](O)C#CC(C)(C)C. The fourth-order valence-electron chi connectivity index (χ4n) is 0.349. The smallest absolute Gasteiger partial charge is 0.133 e. The van der Waals surface area contributed by atoms with Crippen molar-refractivity contribution in [3.05, 3.63) is 12.7 Å². The van der Waals surface area contributed by atoms with Gasteiger partial charge < -0.3 is 5.11 Å². The van der Waals surface area contributed by atoms with Gasteiger partial charge in [-0.2, -0.15) is 0 Å². The summed E-state index contributed by atoms with van der Waals surface area (Å²) in [5, 5.41) is 8.93. The molecule has 0 unspecified atom stereocenters. The van der Waals surface area contributed by atoms with E-state index in [1.54, 1.807) is 0 Å². The molecule has 0 bridgehead atoms. The van der Waals surface area contributed by atoms with Crippen LogP contribution in [-0.2, 0) is 0 Å². The van der Waals surface area contributed by atoms with Gasteiger partial charge in [0.15, 0.2) is 0 Å². The number of hydrogen-bond acceptors (Lipinski definition) is 1. The molecule has 0 aliphatic rings. The molecule has 0 saturated carbocycles. The first kappa shape index (κ1) is 9.26. The number of aliphatic hydroxyl groups is 1. The zero-order chi connectivity index (χ0) is 8.20. The predicted octanol–water partition coefficient (Wildman–Crippen LogP) is 1.58. The van der Waals surface area contributed by atoms with Gasteiger partial charge >= 0.3 is 0 Å². The van der Waals surface area contributed by atoms with Crippen LogP contribution in [0.1, 0.15) is 20.8 Å². The fraction of sp³-hybridized carbons (Fsp3) is 0.556. The summed E-state index contributed by atoms with van der Waals surface area (Å²) < 4.78 is 0. The molecule has 1 atom stereocenters. The summed E-state index contributed by atoms with van der Waals surface area (Å²) in [5.41, 5.74) is -0.0377. The van der Waals surface area contributed by atoms with Gasteiger partial charge in [-0.05, 0) is 20.8 Å². The van der Waals surface area contributed by atoms with Gasteiger partial charge in [-0.15, -0.1) is 0 Å². The molecule has 0 amide bonds. The molecule has 0 spiro atoms. The van der Waals surface area contributed by atoms with E-state index < -0.39 is 6.10 Å². The molecule has 0 aromatic rings. The van der Waals surface area contributed by atoms with E-state index in [-0.39, 0.29) is 5.41 Å². The lowest BCUT2D eigenvalue weighted by molar-refractivity contribution is 0.280. The van der Waals surface area contributed by atoms with Crippen LogP contribution in [0.5, 0.6) is 0 Å². The van der Waals surface area contributed by atoms with E-state index >= 15 is 0 Å². The van der Waals surface area contributed by atoms with Gasteiger partial charge in [0, 0.05) is 5.41 Å². The number of rotatable bonds is 1. The van der Waals surface area contributed by atoms with Crippen LogP contribution in [0, 0.1) is 17.3 Å². The molecular formula is C9H14O. The Kier molecular flexibility index (Phi) is 3.18. The minimum Gasteiger partial charge on any atom is -0.377 e. The van der Waals surface area contributed by atoms with Gasteiger partial charge in [0.2, 0.25) is 0 Å². The number of aliphatic hydroxyl groups excluding tert-OH is 1. The summed E-state index contributed by atoms with van der Waals surface area (Å²) >= 11 is 0. The average molecular weight is 138 g/mol. The van der Waals surface area contributed by atoms with Gasteiger partial charge in [0.05, 0.1) is 0 Å². The Bertz CT molecular complexity index is 163. The summed E-state index contributed by atoms with van der Waals surface area (Å²) in [5.74, 6) is 5.56. The molecular weight excluding hydrogens is 124 g/mol. The normalized spacial score (nSPS) is 13.2. The maximum absolute atomic E-state index is 8.93. The van der Waals surface area contributed by atoms with Crippen molar-refractivity contribution >= 4 is 0 Å². The van der Waals surface area contributed by atoms with Crippen molar-refractivity contribution < 1.29 is 5.11 Å². The second-order valence-corrected chi connectivity index (χ2v) is 3.20. The van der Waals surface area contributed by atoms with Crippen molar-refractivity contribution in [3.8, 4) is 11.8 Å². The Morgan fingerprint density at radius 2 is 2.00 bits per heavy atom. The molecule has 56 valence electrons. The van der Waals surface area contributed by atoms with E-state index in [9.17, 15) is 0 Å². The van der Waals surface area contributed by atoms with Crippen LogP contribution < -0.4 is 0 Å². The van der Waals surface area contributed by atoms with Gasteiger partial charge in [0.25, 0.3) is 0 Å². The monoisotopic (exact) mass is 138 g/mol. The van der Waals surface area contributed by atoms with E-state index in [2.05, 4.69) is 18.4 Å². The van der Waals surface area contributed by atoms with Crippen molar-refractivity contribution in [1.82, 2.24) is 0 Å². The molecule has 10 heavy (non-hydrogen) atoms. The zero-order valence-electron chi connectivity index (χ0n) is 6.81. The molecule has 0 rings (SSSR count). The van der Waals surface area contributed by atoms with Crippen molar-refractivity contribution in [1.29, 1.82) is 0 Å². The van der Waals surface area contributed by atoms with Crippen LogP contribution in [0.2, 0.25) is 0 Å². The molecule has 0 radical (unpaired) electrons. The first-order chi connectivity index (χ1) is 4.45. The molecule has 0 heterocycles. The minimum absolute atomic E-state index is 0.0377. The molecule has 1 nitrogen and oxygen atoms in total. The highest BCUT2D eigenvalue weighted by Gasteiger charge is 2.03. The highest BCUT2D eigenvalue weighted by molar-refractivity contribution is 5.14. The molecule has 0 aliphatic heterocycles. The van der Waals surface area contributed by atoms with E-state index in [1.165, 1.54) is 6.08 Å². The largest absolute Gasteiger partial charge is 0.377 e. The Hall–Kier alpha value is -0.740. The molecule has 1 heteroatoms. The molecule has 1 N–H and O–H groups in total. The van der Waals surface area contributed by atoms with E-state index in [0.717, 1.165) is 0 Å². The van der Waals surface area contributed by atoms with Crippen LogP contribution in [0.3, 0.4) is 0 Å². The Labute approximate surface area is 62.8 Å². The topological polar surface area (TPSA) is 20.2 Å². The van der Waals surface area contributed by atoms with Crippen molar-refractivity contribution in [2.24, 2.45) is 5.41 Å². The van der Waals surface area contributed by atoms with Crippen molar-refractivity contribution in [3.63, 3.8) is 0 Å². The molecule has 0 saturated heterocycles. The maximum atomic E-state index is 8.93. The fourth-order valence-corrected chi connectivity index (χ4v) is 0.349.